The van der Waals surface area contributed by atoms with E-state index in [1.807, 2.05) is 107 Å². The second-order valence-electron chi connectivity index (χ2n) is 10.8. The molecule has 1 fully saturated rings. The quantitative estimate of drug-likeness (QED) is 0.298. The zero-order valence-electron chi connectivity index (χ0n) is 24.3. The molecule has 220 valence electrons. The molecule has 3 aliphatic heterocycles. The number of hydrogen-bond donors (Lipinski definition) is 0. The molecule has 0 N–H and O–H groups in total. The maximum Gasteiger partial charge on any atom is 0.338 e. The van der Waals surface area contributed by atoms with Crippen molar-refractivity contribution in [1.82, 2.24) is 14.7 Å². The summed E-state index contributed by atoms with van der Waals surface area (Å²) in [5.74, 6) is 0.994. The summed E-state index contributed by atoms with van der Waals surface area (Å²) in [6, 6.07) is 26.4. The van der Waals surface area contributed by atoms with Crippen molar-refractivity contribution >= 4 is 28.8 Å². The van der Waals surface area contributed by atoms with Gasteiger partial charge in [-0.3, -0.25) is 4.79 Å². The molecule has 43 heavy (non-hydrogen) atoms. The molecule has 3 aliphatic rings. The first-order valence-corrected chi connectivity index (χ1v) is 15.3. The van der Waals surface area contributed by atoms with Crippen LogP contribution in [0.4, 0.5) is 0 Å². The molecule has 3 aromatic carbocycles. The van der Waals surface area contributed by atoms with Crippen molar-refractivity contribution in [1.29, 1.82) is 0 Å². The molecule has 0 aromatic heterocycles. The number of amides is 1. The number of hydrogen-bond acceptors (Lipinski definition) is 8. The van der Waals surface area contributed by atoms with E-state index in [1.165, 1.54) is 11.8 Å². The van der Waals surface area contributed by atoms with E-state index in [2.05, 4.69) is 11.9 Å². The fourth-order valence-corrected chi connectivity index (χ4v) is 6.41. The van der Waals surface area contributed by atoms with Crippen LogP contribution >= 0.6 is 11.8 Å². The molecule has 6 rings (SSSR count). The number of esters is 1. The van der Waals surface area contributed by atoms with Crippen LogP contribution in [0.5, 0.6) is 11.5 Å². The lowest BCUT2D eigenvalue weighted by Crippen LogP contribution is -2.47. The van der Waals surface area contributed by atoms with E-state index >= 15 is 0 Å². The summed E-state index contributed by atoms with van der Waals surface area (Å²) in [6.45, 7) is 5.10. The summed E-state index contributed by atoms with van der Waals surface area (Å²) >= 11 is 1.47. The number of fused-ring (bicyclic) bond motifs is 1. The van der Waals surface area contributed by atoms with Gasteiger partial charge in [0.25, 0.3) is 0 Å². The first-order chi connectivity index (χ1) is 21.0. The highest BCUT2D eigenvalue weighted by atomic mass is 32.2. The largest absolute Gasteiger partial charge is 0.457 e. The predicted octanol–water partition coefficient (Wildman–Crippen LogP) is 5.96. The van der Waals surface area contributed by atoms with Crippen molar-refractivity contribution in [2.45, 2.75) is 26.0 Å². The van der Waals surface area contributed by atoms with E-state index in [9.17, 15) is 9.59 Å². The van der Waals surface area contributed by atoms with Crippen LogP contribution in [0.1, 0.15) is 30.5 Å². The normalized spacial score (nSPS) is 18.6. The number of carbonyl (C=O) groups is 2. The third-order valence-electron chi connectivity index (χ3n) is 7.77. The number of rotatable bonds is 8. The van der Waals surface area contributed by atoms with Gasteiger partial charge in [-0.25, -0.2) is 9.79 Å². The zero-order chi connectivity index (χ0) is 29.8. The molecule has 3 heterocycles. The van der Waals surface area contributed by atoms with Gasteiger partial charge in [-0.15, -0.1) is 0 Å². The van der Waals surface area contributed by atoms with Crippen LogP contribution in [0.3, 0.4) is 0 Å². The average molecular weight is 595 g/mol. The van der Waals surface area contributed by atoms with Gasteiger partial charge in [0.2, 0.25) is 5.91 Å². The highest BCUT2D eigenvalue weighted by Crippen LogP contribution is 2.45. The third-order valence-corrected chi connectivity index (χ3v) is 8.66. The lowest BCUT2D eigenvalue weighted by atomic mass is 9.93. The molecule has 0 radical (unpaired) electrons. The van der Waals surface area contributed by atoms with E-state index < -0.39 is 12.0 Å². The van der Waals surface area contributed by atoms with Gasteiger partial charge in [0, 0.05) is 31.9 Å². The molecule has 1 amide bonds. The minimum atomic E-state index is -0.545. The van der Waals surface area contributed by atoms with Crippen LogP contribution in [0.15, 0.2) is 112 Å². The van der Waals surface area contributed by atoms with Crippen LogP contribution < -0.4 is 4.74 Å². The number of likely N-dealkylation sites (N-methyl/N-ethyl adjacent to an activating group) is 1. The Morgan fingerprint density at radius 2 is 1.60 bits per heavy atom. The van der Waals surface area contributed by atoms with Crippen molar-refractivity contribution in [3.63, 3.8) is 0 Å². The highest BCUT2D eigenvalue weighted by Gasteiger charge is 2.41. The molecule has 1 saturated heterocycles. The van der Waals surface area contributed by atoms with Crippen LogP contribution in [0.25, 0.3) is 0 Å². The SMILES string of the molecule is CC1=C(C(=O)OCc2ccccc2)[C@@H](c2cccc(Oc3ccccc3)c2)N2C(CC(=O)N3CCN(C)CC3)=CSC2=N1. The summed E-state index contributed by atoms with van der Waals surface area (Å²) in [5, 5.41) is 2.72. The molecule has 0 aliphatic carbocycles. The molecule has 0 spiro atoms. The number of benzene rings is 3. The summed E-state index contributed by atoms with van der Waals surface area (Å²) in [5.41, 5.74) is 3.59. The predicted molar refractivity (Wildman–Crippen MR) is 168 cm³/mol. The topological polar surface area (TPSA) is 74.7 Å². The Hall–Kier alpha value is -4.34. The Morgan fingerprint density at radius 3 is 2.35 bits per heavy atom. The smallest absolute Gasteiger partial charge is 0.338 e. The van der Waals surface area contributed by atoms with Crippen molar-refractivity contribution in [3.05, 3.63) is 118 Å². The molecule has 0 saturated carbocycles. The monoisotopic (exact) mass is 594 g/mol. The zero-order valence-corrected chi connectivity index (χ0v) is 25.1. The Morgan fingerprint density at radius 1 is 0.907 bits per heavy atom. The van der Waals surface area contributed by atoms with E-state index in [-0.39, 0.29) is 18.9 Å². The molecular formula is C34H34N4O4S. The Kier molecular flexibility index (Phi) is 8.62. The number of piperazine rings is 1. The number of carbonyl (C=O) groups excluding carboxylic acids is 2. The molecule has 1 atom stereocenters. The van der Waals surface area contributed by atoms with Gasteiger partial charge in [-0.1, -0.05) is 72.4 Å². The van der Waals surface area contributed by atoms with Crippen LogP contribution in [-0.2, 0) is 20.9 Å². The van der Waals surface area contributed by atoms with E-state index in [0.29, 0.717) is 30.1 Å². The lowest BCUT2D eigenvalue weighted by Gasteiger charge is -2.37. The maximum absolute atomic E-state index is 13.8. The molecule has 3 aromatic rings. The molecule has 8 nitrogen and oxygen atoms in total. The number of aliphatic imine (C=N–C) groups is 1. The highest BCUT2D eigenvalue weighted by molar-refractivity contribution is 8.16. The minimum absolute atomic E-state index is 0.0700. The summed E-state index contributed by atoms with van der Waals surface area (Å²) in [7, 11) is 2.07. The lowest BCUT2D eigenvalue weighted by molar-refractivity contribution is -0.141. The molecule has 0 bridgehead atoms. The van der Waals surface area contributed by atoms with Crippen molar-refractivity contribution in [2.24, 2.45) is 4.99 Å². The van der Waals surface area contributed by atoms with Gasteiger partial charge in [-0.05, 0) is 54.8 Å². The van der Waals surface area contributed by atoms with Gasteiger partial charge >= 0.3 is 5.97 Å². The molecule has 9 heteroatoms. The Bertz CT molecular complexity index is 1580. The van der Waals surface area contributed by atoms with Crippen molar-refractivity contribution in [2.75, 3.05) is 33.2 Å². The van der Waals surface area contributed by atoms with Crippen LogP contribution in [0.2, 0.25) is 0 Å². The maximum atomic E-state index is 13.8. The average Bonchev–Trinajstić information content (AvgIpc) is 3.42. The Labute approximate surface area is 256 Å². The first kappa shape index (κ1) is 28.8. The van der Waals surface area contributed by atoms with Gasteiger partial charge in [0.1, 0.15) is 18.1 Å². The number of amidine groups is 1. The second-order valence-corrected chi connectivity index (χ2v) is 11.6. The number of nitrogens with zero attached hydrogens (tertiary/aromatic N) is 4. The van der Waals surface area contributed by atoms with E-state index in [4.69, 9.17) is 14.5 Å². The second kappa shape index (κ2) is 12.9. The van der Waals surface area contributed by atoms with Gasteiger partial charge in [0.05, 0.1) is 23.7 Å². The minimum Gasteiger partial charge on any atom is -0.457 e. The summed E-state index contributed by atoms with van der Waals surface area (Å²) in [4.78, 5) is 38.3. The number of para-hydroxylation sites is 1. The molecular weight excluding hydrogens is 560 g/mol. The summed E-state index contributed by atoms with van der Waals surface area (Å²) in [6.07, 6.45) is 0.220. The standard InChI is InChI=1S/C34H34N4O4S/c1-24-31(33(40)41-22-25-10-5-3-6-11-25)32(26-12-9-15-29(20-26)42-28-13-7-4-8-14-28)38-27(23-43-34(38)35-24)21-30(39)37-18-16-36(2)17-19-37/h3-15,20,23,32H,16-19,21-22H2,1-2H3/t32-/m1/s1. The Balaban J connectivity index is 1.32. The number of ether oxygens (including phenoxy) is 2. The summed E-state index contributed by atoms with van der Waals surface area (Å²) < 4.78 is 12.0. The van der Waals surface area contributed by atoms with E-state index in [0.717, 1.165) is 40.8 Å². The van der Waals surface area contributed by atoms with Gasteiger partial charge in [-0.2, -0.15) is 0 Å². The fraction of sp³-hybridized carbons (Fsp3) is 0.265. The number of allylic oxidation sites excluding steroid dienone is 1. The first-order valence-electron chi connectivity index (χ1n) is 14.4. The van der Waals surface area contributed by atoms with Crippen LogP contribution in [0, 0.1) is 0 Å². The third kappa shape index (κ3) is 6.53. The fourth-order valence-electron chi connectivity index (χ4n) is 5.44. The van der Waals surface area contributed by atoms with E-state index in [1.54, 1.807) is 0 Å². The van der Waals surface area contributed by atoms with Gasteiger partial charge in [0.15, 0.2) is 5.17 Å². The van der Waals surface area contributed by atoms with Gasteiger partial charge < -0.3 is 24.2 Å². The van der Waals surface area contributed by atoms with Crippen LogP contribution in [-0.4, -0.2) is 65.0 Å². The number of thioether (sulfide) groups is 1. The molecule has 0 unspecified atom stereocenters. The van der Waals surface area contributed by atoms with Crippen molar-refractivity contribution < 1.29 is 19.1 Å². The van der Waals surface area contributed by atoms with Crippen molar-refractivity contribution in [3.8, 4) is 11.5 Å².